The van der Waals surface area contributed by atoms with Crippen LogP contribution in [0.2, 0.25) is 5.15 Å². The smallest absolute Gasteiger partial charge is 0.254 e. The summed E-state index contributed by atoms with van der Waals surface area (Å²) in [6.07, 6.45) is 3.14. The maximum absolute atomic E-state index is 14.7. The molecule has 1 amide bonds. The standard InChI is InChI=1S/C24H17ClF2N4O2/c1-31-11-3-6-17(24(31)33)14(18-12-13(26)7-8-19(18)27)4-2-5-15-16-9-10-29-23(16)30-21(25)20(15)22(28)32/h3,6-12,14H,4H2,1H3,(H2,28,32)(H,29,30). The fourth-order valence-corrected chi connectivity index (χ4v) is 3.97. The molecule has 0 bridgehead atoms. The van der Waals surface area contributed by atoms with Crippen molar-refractivity contribution in [2.75, 3.05) is 0 Å². The summed E-state index contributed by atoms with van der Waals surface area (Å²) in [7, 11) is 1.57. The Morgan fingerprint density at radius 1 is 1.27 bits per heavy atom. The lowest BCUT2D eigenvalue weighted by Crippen LogP contribution is -2.23. The molecule has 0 saturated carbocycles. The van der Waals surface area contributed by atoms with E-state index in [1.165, 1.54) is 4.57 Å². The van der Waals surface area contributed by atoms with Gasteiger partial charge in [0.1, 0.15) is 22.4 Å². The second kappa shape index (κ2) is 8.88. The number of aryl methyl sites for hydroxylation is 1. The average molecular weight is 467 g/mol. The molecule has 166 valence electrons. The summed E-state index contributed by atoms with van der Waals surface area (Å²) in [5.41, 5.74) is 6.03. The van der Waals surface area contributed by atoms with Gasteiger partial charge in [-0.05, 0) is 35.9 Å². The predicted octanol–water partition coefficient (Wildman–Crippen LogP) is 3.87. The summed E-state index contributed by atoms with van der Waals surface area (Å²) in [6, 6.07) is 7.94. The maximum Gasteiger partial charge on any atom is 0.254 e. The molecule has 1 aromatic carbocycles. The number of hydrogen-bond acceptors (Lipinski definition) is 3. The van der Waals surface area contributed by atoms with Gasteiger partial charge in [0.05, 0.1) is 11.1 Å². The zero-order chi connectivity index (χ0) is 23.7. The van der Waals surface area contributed by atoms with Crippen molar-refractivity contribution in [2.24, 2.45) is 12.8 Å². The van der Waals surface area contributed by atoms with Crippen LogP contribution in [-0.2, 0) is 7.05 Å². The highest BCUT2D eigenvalue weighted by atomic mass is 35.5. The fourth-order valence-electron chi connectivity index (χ4n) is 3.70. The number of primary amides is 1. The summed E-state index contributed by atoms with van der Waals surface area (Å²) in [4.78, 5) is 31.7. The summed E-state index contributed by atoms with van der Waals surface area (Å²) < 4.78 is 30.0. The largest absolute Gasteiger partial charge is 0.365 e. The van der Waals surface area contributed by atoms with Crippen molar-refractivity contribution in [3.63, 3.8) is 0 Å². The van der Waals surface area contributed by atoms with Crippen LogP contribution < -0.4 is 11.3 Å². The van der Waals surface area contributed by atoms with E-state index in [1.54, 1.807) is 37.6 Å². The molecule has 0 spiro atoms. The zero-order valence-corrected chi connectivity index (χ0v) is 18.1. The van der Waals surface area contributed by atoms with E-state index in [0.717, 1.165) is 18.2 Å². The predicted molar refractivity (Wildman–Crippen MR) is 121 cm³/mol. The quantitative estimate of drug-likeness (QED) is 0.353. The number of rotatable bonds is 4. The number of nitrogens with zero attached hydrogens (tertiary/aromatic N) is 2. The lowest BCUT2D eigenvalue weighted by atomic mass is 9.88. The molecule has 9 heteroatoms. The molecule has 4 rings (SSSR count). The number of carbonyl (C=O) groups is 1. The zero-order valence-electron chi connectivity index (χ0n) is 17.3. The lowest BCUT2D eigenvalue weighted by molar-refractivity contribution is 0.1000. The molecule has 0 radical (unpaired) electrons. The Labute approximate surface area is 192 Å². The van der Waals surface area contributed by atoms with Crippen molar-refractivity contribution in [1.29, 1.82) is 0 Å². The topological polar surface area (TPSA) is 93.8 Å². The third kappa shape index (κ3) is 4.23. The number of nitrogens with one attached hydrogen (secondary N) is 1. The number of aromatic amines is 1. The normalized spacial score (nSPS) is 11.8. The Hall–Kier alpha value is -3.96. The summed E-state index contributed by atoms with van der Waals surface area (Å²) in [5, 5.41) is 0.427. The monoisotopic (exact) mass is 466 g/mol. The highest BCUT2D eigenvalue weighted by molar-refractivity contribution is 6.33. The number of amides is 1. The van der Waals surface area contributed by atoms with Gasteiger partial charge in [0.15, 0.2) is 0 Å². The molecule has 3 N–H and O–H groups in total. The molecule has 4 aromatic rings. The van der Waals surface area contributed by atoms with Crippen molar-refractivity contribution in [3.8, 4) is 11.8 Å². The molecular weight excluding hydrogens is 450 g/mol. The van der Waals surface area contributed by atoms with Crippen molar-refractivity contribution in [1.82, 2.24) is 14.5 Å². The van der Waals surface area contributed by atoms with Gasteiger partial charge >= 0.3 is 0 Å². The van der Waals surface area contributed by atoms with Gasteiger partial charge in [-0.1, -0.05) is 29.5 Å². The van der Waals surface area contributed by atoms with Crippen LogP contribution in [0.3, 0.4) is 0 Å². The Bertz CT molecular complexity index is 1510. The van der Waals surface area contributed by atoms with Crippen LogP contribution in [0.4, 0.5) is 8.78 Å². The first kappa shape index (κ1) is 22.2. The minimum absolute atomic E-state index is 0.00211. The Morgan fingerprint density at radius 2 is 2.06 bits per heavy atom. The highest BCUT2D eigenvalue weighted by Crippen LogP contribution is 2.29. The molecule has 0 aliphatic rings. The third-order valence-electron chi connectivity index (χ3n) is 5.29. The number of pyridine rings is 2. The average Bonchev–Trinajstić information content (AvgIpc) is 3.23. The number of fused-ring (bicyclic) bond motifs is 1. The van der Waals surface area contributed by atoms with E-state index in [-0.39, 0.29) is 39.4 Å². The van der Waals surface area contributed by atoms with Gasteiger partial charge in [-0.25, -0.2) is 13.8 Å². The van der Waals surface area contributed by atoms with Gasteiger partial charge in [-0.3, -0.25) is 9.59 Å². The minimum atomic E-state index is -0.857. The summed E-state index contributed by atoms with van der Waals surface area (Å²) in [5.74, 6) is 2.83. The van der Waals surface area contributed by atoms with Crippen LogP contribution in [0.25, 0.3) is 11.0 Å². The van der Waals surface area contributed by atoms with Crippen LogP contribution in [-0.4, -0.2) is 20.4 Å². The van der Waals surface area contributed by atoms with E-state index in [4.69, 9.17) is 17.3 Å². The van der Waals surface area contributed by atoms with E-state index in [0.29, 0.717) is 11.0 Å². The van der Waals surface area contributed by atoms with Crippen molar-refractivity contribution >= 4 is 28.5 Å². The van der Waals surface area contributed by atoms with Crippen molar-refractivity contribution in [3.05, 3.63) is 98.2 Å². The number of benzene rings is 1. The molecule has 0 saturated heterocycles. The van der Waals surface area contributed by atoms with Crippen LogP contribution in [0.15, 0.2) is 53.6 Å². The number of halogens is 3. The second-order valence-corrected chi connectivity index (χ2v) is 7.72. The van der Waals surface area contributed by atoms with Gasteiger partial charge in [-0.2, -0.15) is 0 Å². The van der Waals surface area contributed by atoms with Gasteiger partial charge in [0.25, 0.3) is 11.5 Å². The SMILES string of the molecule is Cn1cccc(C(CC#Cc2c(C(N)=O)c(Cl)nc3[nH]ccc23)c2cc(F)ccc2F)c1=O. The first-order valence-electron chi connectivity index (χ1n) is 9.83. The first-order chi connectivity index (χ1) is 15.8. The molecule has 1 atom stereocenters. The fraction of sp³-hybridized carbons (Fsp3) is 0.125. The molecular formula is C24H17ClF2N4O2. The van der Waals surface area contributed by atoms with E-state index in [2.05, 4.69) is 21.8 Å². The Balaban J connectivity index is 1.86. The van der Waals surface area contributed by atoms with E-state index >= 15 is 0 Å². The molecule has 6 nitrogen and oxygen atoms in total. The molecule has 3 aromatic heterocycles. The van der Waals surface area contributed by atoms with Gasteiger partial charge < -0.3 is 15.3 Å². The highest BCUT2D eigenvalue weighted by Gasteiger charge is 2.22. The van der Waals surface area contributed by atoms with Crippen LogP contribution >= 0.6 is 11.6 Å². The van der Waals surface area contributed by atoms with Crippen LogP contribution in [0, 0.1) is 23.5 Å². The number of aromatic nitrogens is 3. The molecule has 0 fully saturated rings. The van der Waals surface area contributed by atoms with Crippen molar-refractivity contribution < 1.29 is 13.6 Å². The van der Waals surface area contributed by atoms with Crippen LogP contribution in [0.1, 0.15) is 39.4 Å². The van der Waals surface area contributed by atoms with E-state index in [9.17, 15) is 18.4 Å². The van der Waals surface area contributed by atoms with Gasteiger partial charge in [0.2, 0.25) is 0 Å². The van der Waals surface area contributed by atoms with Crippen LogP contribution in [0.5, 0.6) is 0 Å². The Morgan fingerprint density at radius 3 is 2.82 bits per heavy atom. The molecule has 3 heterocycles. The minimum Gasteiger partial charge on any atom is -0.365 e. The second-order valence-electron chi connectivity index (χ2n) is 7.36. The third-order valence-corrected chi connectivity index (χ3v) is 5.56. The number of nitrogens with two attached hydrogens (primary N) is 1. The summed E-state index contributed by atoms with van der Waals surface area (Å²) >= 11 is 6.13. The number of hydrogen-bond donors (Lipinski definition) is 2. The first-order valence-corrected chi connectivity index (χ1v) is 10.2. The molecule has 1 unspecified atom stereocenters. The van der Waals surface area contributed by atoms with Gasteiger partial charge in [0, 0.05) is 42.7 Å². The van der Waals surface area contributed by atoms with E-state index < -0.39 is 23.5 Å². The Kier molecular flexibility index (Phi) is 5.99. The van der Waals surface area contributed by atoms with E-state index in [1.807, 2.05) is 0 Å². The molecule has 33 heavy (non-hydrogen) atoms. The maximum atomic E-state index is 14.7. The van der Waals surface area contributed by atoms with Gasteiger partial charge in [-0.15, -0.1) is 0 Å². The van der Waals surface area contributed by atoms with Crippen molar-refractivity contribution in [2.45, 2.75) is 12.3 Å². The summed E-state index contributed by atoms with van der Waals surface area (Å²) in [6.45, 7) is 0. The number of carbonyl (C=O) groups excluding carboxylic acids is 1. The molecule has 0 aliphatic heterocycles. The molecule has 0 aliphatic carbocycles. The number of H-pyrrole nitrogens is 1. The lowest BCUT2D eigenvalue weighted by Gasteiger charge is -2.16.